The minimum Gasteiger partial charge on any atom is -0.493 e. The van der Waals surface area contributed by atoms with Crippen LogP contribution in [0.5, 0.6) is 11.5 Å². The quantitative estimate of drug-likeness (QED) is 0.0355. The lowest BCUT2D eigenvalue weighted by atomic mass is 9.90. The second kappa shape index (κ2) is 39.2. The maximum absolute atomic E-state index is 12.8. The number of aromatic nitrogens is 12. The largest absolute Gasteiger partial charge is 0.493 e. The smallest absolute Gasteiger partial charge is 0.486 e. The number of methoxy groups -OCH3 is 2. The molecule has 1 fully saturated rings. The van der Waals surface area contributed by atoms with Crippen LogP contribution in [-0.2, 0) is 48.1 Å². The number of benzene rings is 2. The Morgan fingerprint density at radius 1 is 0.565 bits per heavy atom. The van der Waals surface area contributed by atoms with Crippen LogP contribution in [0.1, 0.15) is 115 Å². The lowest BCUT2D eigenvalue weighted by Crippen LogP contribution is -2.41. The van der Waals surface area contributed by atoms with Crippen molar-refractivity contribution in [1.82, 2.24) is 69.6 Å². The number of carbonyl (C=O) groups excluding carboxylic acids is 2. The van der Waals surface area contributed by atoms with Gasteiger partial charge in [0.2, 0.25) is 23.3 Å². The number of hydrogen-bond acceptors (Lipinski definition) is 24. The van der Waals surface area contributed by atoms with E-state index in [1.54, 1.807) is 73.5 Å². The van der Waals surface area contributed by atoms with Gasteiger partial charge in [-0.15, -0.1) is 11.6 Å². The number of pyridine rings is 2. The zero-order valence-electron chi connectivity index (χ0n) is 60.7. The lowest BCUT2D eigenvalue weighted by molar-refractivity contribution is 0.00578. The summed E-state index contributed by atoms with van der Waals surface area (Å²) in [6, 6.07) is 14.2. The van der Waals surface area contributed by atoms with Gasteiger partial charge in [-0.25, -0.2) is 4.98 Å². The van der Waals surface area contributed by atoms with Gasteiger partial charge in [0.05, 0.1) is 160 Å². The van der Waals surface area contributed by atoms with Crippen molar-refractivity contribution in [3.05, 3.63) is 232 Å². The zero-order chi connectivity index (χ0) is 79.7. The Kier molecular flexibility index (Phi) is 30.7. The highest BCUT2D eigenvalue weighted by Crippen LogP contribution is 2.41. The zero-order valence-corrected chi connectivity index (χ0v) is 64.5. The van der Waals surface area contributed by atoms with Crippen LogP contribution in [0.25, 0.3) is 30.3 Å². The molecule has 0 spiro atoms. The number of nitrogens with one attached hydrogen (secondary N) is 2. The number of nitrogen functional groups attached to an aromatic ring is 4. The minimum atomic E-state index is -0.250. The van der Waals surface area contributed by atoms with E-state index in [-0.39, 0.29) is 53.4 Å². The van der Waals surface area contributed by atoms with E-state index in [0.29, 0.717) is 179 Å². The van der Waals surface area contributed by atoms with Crippen LogP contribution in [-0.4, -0.2) is 128 Å². The highest BCUT2D eigenvalue weighted by molar-refractivity contribution is 9.10. The lowest BCUT2D eigenvalue weighted by Gasteiger charge is -2.32. The summed E-state index contributed by atoms with van der Waals surface area (Å²) in [5.74, 6) is 4.90. The predicted molar refractivity (Wildman–Crippen MR) is 422 cm³/mol. The monoisotopic (exact) mass is 1580 g/mol. The number of para-hydroxylation sites is 2. The Bertz CT molecular complexity index is 4960. The van der Waals surface area contributed by atoms with E-state index in [1.807, 2.05) is 66.7 Å². The van der Waals surface area contributed by atoms with Crippen LogP contribution >= 0.6 is 50.7 Å². The molecule has 0 atom stereocenters. The molecule has 1 saturated heterocycles. The Hall–Kier alpha value is -12.3. The van der Waals surface area contributed by atoms with Crippen LogP contribution in [0.2, 0.25) is 15.2 Å². The van der Waals surface area contributed by atoms with Gasteiger partial charge in [0, 0.05) is 14.1 Å². The maximum Gasteiger partial charge on any atom is 0.486 e. The molecule has 2 aromatic carbocycles. The number of aryl methyl sites for hydroxylation is 3. The number of nitrogens with two attached hydrogens (primary N) is 4. The number of rotatable bonds is 13. The summed E-state index contributed by atoms with van der Waals surface area (Å²) in [4.78, 5) is 92.8. The summed E-state index contributed by atoms with van der Waals surface area (Å²) in [5.41, 5.74) is 29.6. The molecule has 0 saturated carbocycles. The first-order chi connectivity index (χ1) is 51.4. The van der Waals surface area contributed by atoms with E-state index in [4.69, 9.17) is 114 Å². The van der Waals surface area contributed by atoms with Gasteiger partial charge in [-0.05, 0) is 99.3 Å². The molecule has 0 bridgehead atoms. The fourth-order valence-corrected chi connectivity index (χ4v) is 10.7. The molecule has 0 aliphatic carbocycles. The fraction of sp³-hybridized carbons (Fsp3) is 0.264. The number of ether oxygens (including phenoxy) is 2. The number of anilines is 8. The Morgan fingerprint density at radius 3 is 1.37 bits per heavy atom. The molecule has 3 aliphatic heterocycles. The Labute approximate surface area is 649 Å². The van der Waals surface area contributed by atoms with Gasteiger partial charge in [0.15, 0.2) is 17.2 Å². The third-order valence-corrected chi connectivity index (χ3v) is 17.0. The van der Waals surface area contributed by atoms with E-state index in [0.717, 1.165) is 0 Å². The predicted octanol–water partition coefficient (Wildman–Crippen LogP) is 15.1. The summed E-state index contributed by atoms with van der Waals surface area (Å²) in [7, 11) is 6.29. The van der Waals surface area contributed by atoms with Crippen molar-refractivity contribution < 1.29 is 28.4 Å². The highest BCUT2D eigenvalue weighted by Gasteiger charge is 2.50. The molecule has 2 amide bonds. The second-order valence-electron chi connectivity index (χ2n) is 23.5. The summed E-state index contributed by atoms with van der Waals surface area (Å²) < 4.78 is 22.3. The third kappa shape index (κ3) is 21.9. The van der Waals surface area contributed by atoms with Crippen LogP contribution in [0.3, 0.4) is 0 Å². The van der Waals surface area contributed by atoms with Crippen LogP contribution in [0.4, 0.5) is 75.1 Å². The molecule has 31 nitrogen and oxygen atoms in total. The number of hydrogen-bond donors (Lipinski definition) is 6. The van der Waals surface area contributed by atoms with Gasteiger partial charge in [0.25, 0.3) is 35.1 Å². The summed E-state index contributed by atoms with van der Waals surface area (Å²) >= 11 is 21.5. The van der Waals surface area contributed by atoms with E-state index in [2.05, 4.69) is 119 Å². The van der Waals surface area contributed by atoms with Crippen LogP contribution < -0.4 is 43.0 Å². The first-order valence-corrected chi connectivity index (χ1v) is 34.2. The van der Waals surface area contributed by atoms with Gasteiger partial charge in [-0.3, -0.25) is 39.5 Å². The topological polar surface area (TPSA) is 382 Å². The van der Waals surface area contributed by atoms with Crippen molar-refractivity contribution in [3.63, 3.8) is 0 Å². The van der Waals surface area contributed by atoms with Gasteiger partial charge >= 0.3 is 12.9 Å². The highest BCUT2D eigenvalue weighted by atomic mass is 79.9. The molecule has 12 rings (SSSR count). The normalized spacial score (nSPS) is 12.7. The molecule has 554 valence electrons. The molecule has 10 N–H and O–H groups in total. The second-order valence-corrected chi connectivity index (χ2v) is 25.5. The fourth-order valence-electron chi connectivity index (χ4n) is 9.73. The number of carbonyl (C=O) groups is 2. The molecular formula is C72H74BBrCl3N25O6. The Morgan fingerprint density at radius 2 is 0.963 bits per heavy atom. The van der Waals surface area contributed by atoms with Gasteiger partial charge < -0.3 is 86.4 Å². The van der Waals surface area contributed by atoms with Gasteiger partial charge in [0.1, 0.15) is 9.76 Å². The maximum atomic E-state index is 12.8. The molecular weight excluding hydrogens is 1510 g/mol. The van der Waals surface area contributed by atoms with Crippen molar-refractivity contribution in [2.24, 2.45) is 0 Å². The number of halogens is 4. The molecule has 0 unspecified atom stereocenters. The third-order valence-electron chi connectivity index (χ3n) is 15.6. The molecule has 0 radical (unpaired) electrons. The van der Waals surface area contributed by atoms with Crippen molar-refractivity contribution in [2.75, 3.05) is 61.9 Å². The van der Waals surface area contributed by atoms with Gasteiger partial charge in [-0.1, -0.05) is 139 Å². The molecule has 10 heterocycles. The van der Waals surface area contributed by atoms with E-state index >= 15 is 0 Å². The van der Waals surface area contributed by atoms with Crippen LogP contribution in [0, 0.1) is 32.9 Å². The molecule has 108 heavy (non-hydrogen) atoms. The van der Waals surface area contributed by atoms with E-state index < -0.39 is 0 Å². The summed E-state index contributed by atoms with van der Waals surface area (Å²) in [6.07, 6.45) is 11.3. The van der Waals surface area contributed by atoms with Crippen molar-refractivity contribution in [3.8, 4) is 11.5 Å². The Balaban J connectivity index is 0.000000209. The number of nitrogens with zero attached hydrogens (tertiary/aromatic N) is 19. The average Bonchev–Trinajstić information content (AvgIpc) is 1.65. The van der Waals surface area contributed by atoms with E-state index in [1.165, 1.54) is 38.0 Å². The van der Waals surface area contributed by atoms with Crippen molar-refractivity contribution in [2.45, 2.75) is 98.4 Å². The molecule has 9 aromatic rings. The molecule has 3 aliphatic rings. The minimum absolute atomic E-state index is 0.0948. The first-order valence-electron chi connectivity index (χ1n) is 32.3. The standard InChI is InChI=1S/C23H21ClN6O2.C15H13Cl2N3O2.C8H15BO2.2C7H8N4.C7H6N4.C5H3BrN4/c1-5-16-22(25-2)28-14(11-26-16)9-13-10-18(20-19(27-13)12-30(3)23(20)31)29-17-8-6-7-15(24)21(17)32-4;1-20-7-11-13(15(20)21)10(6-12(17)19-11)18-9-5-3-4-8(16)14(9)22-2;1-6-9-10-7(2,3)8(4,5)11-9;3*1-3-5-7(9-2)11-6(8)4-10-5;1-8-5-4(6)9-2-3(7)10-5/h6-8,10-11H,5,9,12H2,1,3-4H3,(H,27,29);3-6H,7H2,1-2H3,(H,18,19);6H,1H2,2-5H3;2*4H,3H2,1H3,(H2,8,11);3-4H,1H2,(H2,8,11);2H,(H2,7,10). The SMILES string of the molecule is C=CB1OC(C)(C)C(C)(C)O1.COc1c(Cl)cccc1Nc1cc(Cl)nc2c1C(=O)N(C)C2.[C-]#[N+]c1nc(Cc2cc(Nc3cccc(Cl)c3OC)c3c(n2)CN(C)C3=O)cnc1CC.[C-]#[N+]c1nc(N)cnc1Br.[C-]#[N+]c1nc(N)cnc1C=C.[C-]#[N+]c1nc(N)cnc1CC.[C-]#[N+]c1nc(N)cnc1CC. The summed E-state index contributed by atoms with van der Waals surface area (Å²) in [5, 5.41) is 7.74. The van der Waals surface area contributed by atoms with Crippen molar-refractivity contribution in [1.29, 1.82) is 0 Å². The van der Waals surface area contributed by atoms with Gasteiger partial charge in [-0.2, -0.15) is 0 Å². The first kappa shape index (κ1) is 84.7. The summed E-state index contributed by atoms with van der Waals surface area (Å²) in [6.45, 7) is 56.0. The average molecular weight is 1580 g/mol. The number of amides is 2. The number of fused-ring (bicyclic) bond motifs is 2. The molecule has 7 aromatic heterocycles. The van der Waals surface area contributed by atoms with Crippen LogP contribution in [0.15, 0.2) is 103 Å². The van der Waals surface area contributed by atoms with Crippen molar-refractivity contribution >= 4 is 151 Å². The molecule has 36 heteroatoms. The van der Waals surface area contributed by atoms with E-state index in [9.17, 15) is 9.59 Å².